The molecule has 52 valence electrons. The van der Waals surface area contributed by atoms with Crippen LogP contribution < -0.4 is 29.4 Å². The largest absolute Gasteiger partial charge is 4.00 e. The fourth-order valence-electron chi connectivity index (χ4n) is 0. The topological polar surface area (TPSA) is 138 Å². The first-order valence-electron chi connectivity index (χ1n) is 1.10. The summed E-state index contributed by atoms with van der Waals surface area (Å²) in [5, 5.41) is 0. The monoisotopic (exact) mass is 210 g/mol. The summed E-state index contributed by atoms with van der Waals surface area (Å²) in [6.07, 6.45) is 0. The zero-order valence-electron chi connectivity index (χ0n) is 4.55. The van der Waals surface area contributed by atoms with Crippen molar-refractivity contribution in [2.75, 3.05) is 0 Å². The van der Waals surface area contributed by atoms with Crippen LogP contribution in [0.25, 0.3) is 0 Å². The Kier molecular flexibility index (Phi) is 38.2. The Balaban J connectivity index is -0.0000000300. The van der Waals surface area contributed by atoms with Crippen molar-refractivity contribution in [3.8, 4) is 0 Å². The van der Waals surface area contributed by atoms with Crippen molar-refractivity contribution in [2.45, 2.75) is 0 Å². The van der Waals surface area contributed by atoms with E-state index in [1.165, 1.54) is 0 Å². The molecule has 10 heteroatoms. The number of rotatable bonds is 0. The summed E-state index contributed by atoms with van der Waals surface area (Å²) in [5.41, 5.74) is 0. The van der Waals surface area contributed by atoms with E-state index in [0.29, 0.717) is 0 Å². The van der Waals surface area contributed by atoms with Crippen LogP contribution in [0.2, 0.25) is 0 Å². The summed E-state index contributed by atoms with van der Waals surface area (Å²) in [4.78, 5) is 50.9. The predicted octanol–water partition coefficient (Wildman–Crippen LogP) is -6.17. The fourth-order valence-corrected chi connectivity index (χ4v) is 0. The minimum atomic E-state index is -3.37. The first-order valence-corrected chi connectivity index (χ1v) is 3.29. The van der Waals surface area contributed by atoms with E-state index in [-0.39, 0.29) is 34.0 Å². The second-order valence-electron chi connectivity index (χ2n) is 0.447. The molecule has 0 saturated carbocycles. The first kappa shape index (κ1) is 22.6. The molecular weight excluding hydrogens is 210 g/mol. The summed E-state index contributed by atoms with van der Waals surface area (Å²) in [6, 6.07) is 0. The van der Waals surface area contributed by atoms with Gasteiger partial charge < -0.3 is 46.6 Å². The third kappa shape index (κ3) is 277. The molecule has 0 unspecified atom stereocenters. The standard InChI is InChI=1S/Mg.2O3P.Si/c;2*1-4(2)3;/q+2;2*-3;+4. The third-order valence-corrected chi connectivity index (χ3v) is 0. The molecule has 6 nitrogen and oxygen atoms in total. The molecular formula is MgO6P2Si. The first-order chi connectivity index (χ1) is 3.46. The van der Waals surface area contributed by atoms with Gasteiger partial charge >= 0.3 is 34.0 Å². The van der Waals surface area contributed by atoms with Gasteiger partial charge in [-0.1, -0.05) is 0 Å². The second-order valence-corrected chi connectivity index (χ2v) is 1.34. The van der Waals surface area contributed by atoms with Crippen LogP contribution in [0.1, 0.15) is 0 Å². The van der Waals surface area contributed by atoms with Crippen LogP contribution in [-0.2, 0) is 0 Å². The van der Waals surface area contributed by atoms with E-state index >= 15 is 0 Å². The van der Waals surface area contributed by atoms with Crippen molar-refractivity contribution in [1.29, 1.82) is 0 Å². The molecule has 0 saturated heterocycles. The number of hydrogen-bond acceptors (Lipinski definition) is 6. The molecule has 0 aliphatic heterocycles. The maximum absolute atomic E-state index is 8.48. The maximum Gasteiger partial charge on any atom is 4.00 e. The average Bonchev–Trinajstić information content (AvgIpc) is 1.25. The molecule has 0 fully saturated rings. The molecule has 0 bridgehead atoms. The van der Waals surface area contributed by atoms with Gasteiger partial charge in [0.2, 0.25) is 0 Å². The molecule has 0 N–H and O–H groups in total. The minimum absolute atomic E-state index is 0. The molecule has 0 aromatic heterocycles. The van der Waals surface area contributed by atoms with Crippen molar-refractivity contribution in [3.63, 3.8) is 0 Å². The SMILES string of the molecule is [Mg+2].[O-]P([O-])[O-].[O-]P([O-])[O-].[Si+4]. The van der Waals surface area contributed by atoms with E-state index in [4.69, 9.17) is 29.4 Å². The summed E-state index contributed by atoms with van der Waals surface area (Å²) in [5.74, 6) is 0. The van der Waals surface area contributed by atoms with Crippen molar-refractivity contribution < 1.29 is 29.4 Å². The summed E-state index contributed by atoms with van der Waals surface area (Å²) in [7, 11) is -6.74. The Labute approximate surface area is 80.7 Å². The minimum Gasteiger partial charge on any atom is -0.854 e. The van der Waals surface area contributed by atoms with Gasteiger partial charge in [0, 0.05) is 0 Å². The molecule has 0 heterocycles. The van der Waals surface area contributed by atoms with E-state index < -0.39 is 17.2 Å². The second kappa shape index (κ2) is 16.9. The van der Waals surface area contributed by atoms with Crippen LogP contribution in [0.3, 0.4) is 0 Å². The number of hydrogen-bond donors (Lipinski definition) is 0. The van der Waals surface area contributed by atoms with E-state index in [2.05, 4.69) is 0 Å². The van der Waals surface area contributed by atoms with Gasteiger partial charge in [-0.15, -0.1) is 0 Å². The van der Waals surface area contributed by atoms with Gasteiger partial charge in [0.15, 0.2) is 0 Å². The van der Waals surface area contributed by atoms with Crippen molar-refractivity contribution in [2.24, 2.45) is 0 Å². The summed E-state index contributed by atoms with van der Waals surface area (Å²) < 4.78 is 0. The van der Waals surface area contributed by atoms with E-state index in [9.17, 15) is 0 Å². The van der Waals surface area contributed by atoms with Crippen LogP contribution >= 0.6 is 17.2 Å². The van der Waals surface area contributed by atoms with Crippen LogP contribution in [0, 0.1) is 0 Å². The van der Waals surface area contributed by atoms with Crippen LogP contribution in [0.15, 0.2) is 0 Å². The van der Waals surface area contributed by atoms with Crippen molar-refractivity contribution in [3.05, 3.63) is 0 Å². The van der Waals surface area contributed by atoms with Gasteiger partial charge in [0.25, 0.3) is 0 Å². The molecule has 0 aromatic rings. The van der Waals surface area contributed by atoms with Crippen molar-refractivity contribution >= 4 is 51.2 Å². The Bertz CT molecular complexity index is 31.2. The Hall–Kier alpha value is 1.60. The summed E-state index contributed by atoms with van der Waals surface area (Å²) in [6.45, 7) is 0. The van der Waals surface area contributed by atoms with Gasteiger partial charge in [-0.3, -0.25) is 0 Å². The average molecular weight is 210 g/mol. The molecule has 0 radical (unpaired) electrons. The van der Waals surface area contributed by atoms with E-state index in [0.717, 1.165) is 0 Å². The Morgan fingerprint density at radius 3 is 0.600 bits per heavy atom. The smallest absolute Gasteiger partial charge is 0.854 e. The summed E-state index contributed by atoms with van der Waals surface area (Å²) >= 11 is 0. The van der Waals surface area contributed by atoms with Crippen molar-refractivity contribution in [1.82, 2.24) is 0 Å². The molecule has 0 spiro atoms. The maximum atomic E-state index is 8.48. The van der Waals surface area contributed by atoms with Gasteiger partial charge in [-0.05, 0) is 0 Å². The van der Waals surface area contributed by atoms with Gasteiger partial charge in [0.1, 0.15) is 0 Å². The molecule has 0 aromatic carbocycles. The fraction of sp³-hybridized carbons (Fsp3) is 0. The molecule has 0 aliphatic carbocycles. The zero-order chi connectivity index (χ0) is 7.15. The predicted molar refractivity (Wildman–Crippen MR) is 25.3 cm³/mol. The molecule has 0 atom stereocenters. The Morgan fingerprint density at radius 1 is 0.600 bits per heavy atom. The quantitative estimate of drug-likeness (QED) is 0.288. The zero-order valence-corrected chi connectivity index (χ0v) is 8.75. The van der Waals surface area contributed by atoms with Crippen LogP contribution in [0.5, 0.6) is 0 Å². The normalized spacial score (nSPS) is 7.20. The van der Waals surface area contributed by atoms with E-state index in [1.54, 1.807) is 0 Å². The van der Waals surface area contributed by atoms with E-state index in [1.807, 2.05) is 0 Å². The van der Waals surface area contributed by atoms with Gasteiger partial charge in [0.05, 0.1) is 0 Å². The Morgan fingerprint density at radius 2 is 0.600 bits per heavy atom. The van der Waals surface area contributed by atoms with Crippen LogP contribution in [-0.4, -0.2) is 34.0 Å². The molecule has 0 rings (SSSR count). The van der Waals surface area contributed by atoms with Crippen LogP contribution in [0.4, 0.5) is 0 Å². The van der Waals surface area contributed by atoms with Gasteiger partial charge in [-0.25, -0.2) is 0 Å². The molecule has 0 aliphatic rings. The molecule has 0 amide bonds. The molecule has 10 heavy (non-hydrogen) atoms. The van der Waals surface area contributed by atoms with Gasteiger partial charge in [-0.2, -0.15) is 0 Å². The third-order valence-electron chi connectivity index (χ3n) is 0.